The molecule has 2 saturated heterocycles. The topological polar surface area (TPSA) is 312 Å². The van der Waals surface area contributed by atoms with Gasteiger partial charge >= 0.3 is 35.8 Å². The Bertz CT molecular complexity index is 3260. The van der Waals surface area contributed by atoms with E-state index in [2.05, 4.69) is 22.6 Å². The van der Waals surface area contributed by atoms with Crippen molar-refractivity contribution in [3.63, 3.8) is 0 Å². The summed E-state index contributed by atoms with van der Waals surface area (Å²) in [7, 11) is 0. The molecule has 2 unspecified atom stereocenters. The summed E-state index contributed by atoms with van der Waals surface area (Å²) in [6.07, 6.45) is -10.6. The van der Waals surface area contributed by atoms with E-state index in [1.165, 1.54) is 51.6 Å². The largest absolute Gasteiger partial charge is 0.455 e. The Balaban J connectivity index is 0.000000224. The molecule has 2 aromatic carbocycles. The first-order chi connectivity index (χ1) is 41.5. The first kappa shape index (κ1) is 69.9. The van der Waals surface area contributed by atoms with Crippen LogP contribution in [0.1, 0.15) is 129 Å². The van der Waals surface area contributed by atoms with Gasteiger partial charge in [0.25, 0.3) is 0 Å². The molecule has 21 nitrogen and oxygen atoms in total. The Morgan fingerprint density at radius 3 is 1.27 bits per heavy atom. The summed E-state index contributed by atoms with van der Waals surface area (Å²) >= 11 is 9.27. The smallest absolute Gasteiger partial charge is 0.338 e. The standard InChI is InChI=1S/C33H40O10S2.C31H38O11.CH3I/c1-16-21(36)14-33(39)27(42-28(38)19-11-9-8-10-12-19)25-31(6,26(37)24(41-17(2)34)23(16)30(33,4)5)20(29(44)45-7)13-22-32(25,15-40-22)43-18(3)35;1-15-19(34)13-31(38)26(41-27(37)18-10-8-7-9-11-18)24-29(6,20(35)12-21-30(24,14-39-21)42-17(3)33)25(36)23(40-16(2)32)22(15)28(31,4)5;1-2/h8-12,20-22,24-25,27,36,39H,13-15H2,1-7H3;7-11,19-21,23-24,26,34-35,38H,12-14H2,1-6H3;1H3/t20-,21?,22-,24-,25+,27+,31-,32+,33-;19?,20-,21+,23+,24-,26-,29+,30-,31+;/m10./s1. The third-order valence-electron chi connectivity index (χ3n) is 20.9. The van der Waals surface area contributed by atoms with Crippen molar-refractivity contribution >= 4 is 98.1 Å². The molecule has 18 atom stereocenters. The Morgan fingerprint density at radius 1 is 0.573 bits per heavy atom. The summed E-state index contributed by atoms with van der Waals surface area (Å²) in [6, 6.07) is 16.3. The van der Waals surface area contributed by atoms with Gasteiger partial charge in [0.15, 0.2) is 35.0 Å². The van der Waals surface area contributed by atoms with Gasteiger partial charge in [0.2, 0.25) is 0 Å². The van der Waals surface area contributed by atoms with Gasteiger partial charge in [0, 0.05) is 69.1 Å². The molecule has 8 aliphatic rings. The second-order valence-corrected chi connectivity index (χ2v) is 27.6. The number of fused-ring (bicyclic) bond motifs is 10. The fourth-order valence-electron chi connectivity index (χ4n) is 16.3. The van der Waals surface area contributed by atoms with Gasteiger partial charge in [-0.1, -0.05) is 106 Å². The van der Waals surface area contributed by atoms with Gasteiger partial charge < -0.3 is 63.4 Å². The monoisotopic (exact) mass is 1390 g/mol. The first-order valence-corrected chi connectivity index (χ1v) is 33.2. The highest BCUT2D eigenvalue weighted by atomic mass is 127. The van der Waals surface area contributed by atoms with E-state index in [0.29, 0.717) is 15.3 Å². The number of aliphatic hydroxyl groups is 5. The zero-order valence-electron chi connectivity index (χ0n) is 52.4. The summed E-state index contributed by atoms with van der Waals surface area (Å²) in [5.74, 6) is -9.07. The SMILES string of the molecule is CC(=O)O[C@H]1C(=O)[C@@]2(C)[C@H]([C@H](OC(=O)c3ccccc3)[C@]3(O)CC(O)C(C)=C1C3(C)C)[C@]1(OC(C)=O)CO[C@@H]1C[C@@H]2O.CI.CSC(=S)[C@H]1C[C@H]2OC[C@@]2(OC(C)=O)[C@H]2[C@H](OC(=O)c3ccccc3)[C@]3(O)CC(O)C(C)=C([C@@H](OC(C)=O)C(=O)[C@]12C)C3(C)C. The van der Waals surface area contributed by atoms with Crippen LogP contribution in [0.3, 0.4) is 0 Å². The Morgan fingerprint density at radius 2 is 0.933 bits per heavy atom. The quantitative estimate of drug-likeness (QED) is 0.0459. The number of carbonyl (C=O) groups excluding carboxylic acids is 8. The zero-order valence-corrected chi connectivity index (χ0v) is 56.2. The van der Waals surface area contributed by atoms with Gasteiger partial charge in [-0.05, 0) is 84.9 Å². The number of halogens is 1. The van der Waals surface area contributed by atoms with Crippen molar-refractivity contribution in [3.8, 4) is 0 Å². The van der Waals surface area contributed by atoms with Crippen LogP contribution in [-0.4, -0.2) is 179 Å². The molecule has 2 aliphatic heterocycles. The number of aliphatic hydroxyl groups excluding tert-OH is 3. The van der Waals surface area contributed by atoms with Crippen molar-refractivity contribution in [1.82, 2.24) is 0 Å². The number of ether oxygens (including phenoxy) is 8. The van der Waals surface area contributed by atoms with Gasteiger partial charge in [-0.2, -0.15) is 0 Å². The maximum Gasteiger partial charge on any atom is 0.338 e. The van der Waals surface area contributed by atoms with Crippen LogP contribution < -0.4 is 0 Å². The van der Waals surface area contributed by atoms with Gasteiger partial charge in [-0.25, -0.2) is 9.59 Å². The predicted octanol–water partition coefficient (Wildman–Crippen LogP) is 6.30. The molecule has 24 heteroatoms. The number of hydrogen-bond acceptors (Lipinski definition) is 23. The number of rotatable bonds is 9. The lowest BCUT2D eigenvalue weighted by Gasteiger charge is -2.68. The van der Waals surface area contributed by atoms with Gasteiger partial charge in [-0.15, -0.1) is 11.8 Å². The lowest BCUT2D eigenvalue weighted by atomic mass is 9.43. The van der Waals surface area contributed by atoms with E-state index >= 15 is 4.79 Å². The summed E-state index contributed by atoms with van der Waals surface area (Å²) in [4.78, 5) is 110. The van der Waals surface area contributed by atoms with Crippen molar-refractivity contribution in [1.29, 1.82) is 0 Å². The average Bonchev–Trinajstić information content (AvgIpc) is 0.697. The summed E-state index contributed by atoms with van der Waals surface area (Å²) in [5, 5.41) is 60.3. The normalized spacial score (nSPS) is 38.5. The van der Waals surface area contributed by atoms with Gasteiger partial charge in [0.05, 0.1) is 64.1 Å². The number of thioether (sulfide) groups is 1. The van der Waals surface area contributed by atoms with E-state index in [1.54, 1.807) is 103 Å². The number of carbonyl (C=O) groups is 8. The number of benzene rings is 2. The van der Waals surface area contributed by atoms with Crippen molar-refractivity contribution in [2.75, 3.05) is 24.4 Å². The number of Topliss-reactive ketones (excluding diaryl/α,β-unsaturated/α-hetero) is 2. The second kappa shape index (κ2) is 25.1. The number of hydrogen-bond donors (Lipinski definition) is 5. The predicted molar refractivity (Wildman–Crippen MR) is 333 cm³/mol. The van der Waals surface area contributed by atoms with Crippen LogP contribution >= 0.6 is 46.6 Å². The fraction of sp³-hybridized carbons (Fsp3) is 0.615. The highest BCUT2D eigenvalue weighted by molar-refractivity contribution is 14.1. The van der Waals surface area contributed by atoms with Crippen LogP contribution in [0, 0.1) is 39.4 Å². The lowest BCUT2D eigenvalue weighted by molar-refractivity contribution is -0.345. The van der Waals surface area contributed by atoms with E-state index in [0.717, 1.165) is 6.92 Å². The molecular formula is C65H81IO21S2. The van der Waals surface area contributed by atoms with Crippen LogP contribution in [0.15, 0.2) is 83.0 Å². The molecule has 2 heterocycles. The van der Waals surface area contributed by atoms with E-state index in [9.17, 15) is 59.1 Å². The van der Waals surface area contributed by atoms with E-state index in [4.69, 9.17) is 50.1 Å². The summed E-state index contributed by atoms with van der Waals surface area (Å²) in [6.45, 7) is 17.4. The molecule has 4 saturated carbocycles. The minimum atomic E-state index is -2.11. The third-order valence-corrected chi connectivity index (χ3v) is 22.4. The van der Waals surface area contributed by atoms with Crippen LogP contribution in [0.25, 0.3) is 0 Å². The molecular weight excluding hydrogens is 1310 g/mol. The van der Waals surface area contributed by atoms with E-state index in [-0.39, 0.29) is 61.2 Å². The zero-order chi connectivity index (χ0) is 66.3. The van der Waals surface area contributed by atoms with Crippen molar-refractivity contribution in [2.24, 2.45) is 39.4 Å². The lowest BCUT2D eigenvalue weighted by Crippen LogP contribution is -2.81. The van der Waals surface area contributed by atoms with Gasteiger partial charge in [0.1, 0.15) is 35.6 Å². The number of alkyl halides is 1. The molecule has 89 heavy (non-hydrogen) atoms. The average molecular weight is 1390 g/mol. The maximum atomic E-state index is 15.3. The second-order valence-electron chi connectivity index (χ2n) is 26.1. The molecule has 6 aliphatic carbocycles. The van der Waals surface area contributed by atoms with Crippen LogP contribution in [-0.2, 0) is 66.7 Å². The molecule has 0 radical (unpaired) electrons. The highest BCUT2D eigenvalue weighted by Crippen LogP contribution is 2.68. The molecule has 486 valence electrons. The van der Waals surface area contributed by atoms with Crippen molar-refractivity contribution in [3.05, 3.63) is 94.1 Å². The number of esters is 6. The minimum absolute atomic E-state index is 0.110. The Labute approximate surface area is 540 Å². The molecule has 0 spiro atoms. The summed E-state index contributed by atoms with van der Waals surface area (Å²) in [5.41, 5.74) is -12.2. The maximum absolute atomic E-state index is 15.3. The van der Waals surface area contributed by atoms with Crippen molar-refractivity contribution in [2.45, 2.75) is 186 Å². The number of thiocarbonyl (C=S) groups is 1. The Kier molecular flexibility index (Phi) is 19.7. The molecule has 2 aromatic rings. The van der Waals surface area contributed by atoms with Gasteiger partial charge in [-0.3, -0.25) is 28.8 Å². The summed E-state index contributed by atoms with van der Waals surface area (Å²) < 4.78 is 48.2. The highest BCUT2D eigenvalue weighted by Gasteiger charge is 2.80. The minimum Gasteiger partial charge on any atom is -0.455 e. The Hall–Kier alpha value is -5.03. The van der Waals surface area contributed by atoms with Crippen molar-refractivity contribution < 1.29 is 102 Å². The molecule has 5 N–H and O–H groups in total. The van der Waals surface area contributed by atoms with Crippen LogP contribution in [0.5, 0.6) is 0 Å². The van der Waals surface area contributed by atoms with Crippen LogP contribution in [0.4, 0.5) is 0 Å². The van der Waals surface area contributed by atoms with E-state index in [1.807, 2.05) is 4.93 Å². The first-order valence-electron chi connectivity index (χ1n) is 29.4. The van der Waals surface area contributed by atoms with E-state index < -0.39 is 164 Å². The molecule has 6 fully saturated rings. The molecule has 0 aromatic heterocycles. The molecule has 0 amide bonds. The third kappa shape index (κ3) is 10.9. The molecule has 4 bridgehead atoms. The van der Waals surface area contributed by atoms with Crippen LogP contribution in [0.2, 0.25) is 0 Å². The fourth-order valence-corrected chi connectivity index (χ4v) is 17.3. The molecule has 10 rings (SSSR count). The number of ketones is 2.